The normalized spacial score (nSPS) is 12.8. The van der Waals surface area contributed by atoms with Crippen LogP contribution in [0.2, 0.25) is 0 Å². The van der Waals surface area contributed by atoms with Gasteiger partial charge in [-0.3, -0.25) is 19.5 Å². The van der Waals surface area contributed by atoms with Gasteiger partial charge in [-0.25, -0.2) is 4.98 Å². The Morgan fingerprint density at radius 3 is 2.19 bits per heavy atom. The molecule has 0 saturated heterocycles. The van der Waals surface area contributed by atoms with Gasteiger partial charge < -0.3 is 16.0 Å². The van der Waals surface area contributed by atoms with Crippen LogP contribution in [0.4, 0.5) is 17.1 Å². The zero-order valence-corrected chi connectivity index (χ0v) is 18.1. The third kappa shape index (κ3) is 5.00. The number of hydrogen-bond acceptors (Lipinski definition) is 5. The molecule has 9 nitrogen and oxygen atoms in total. The van der Waals surface area contributed by atoms with Crippen molar-refractivity contribution >= 4 is 34.8 Å². The molecule has 1 heterocycles. The Bertz CT molecular complexity index is 1180. The van der Waals surface area contributed by atoms with E-state index >= 15 is 0 Å². The lowest BCUT2D eigenvalue weighted by Crippen LogP contribution is -2.15. The number of aryl methyl sites for hydroxylation is 1. The van der Waals surface area contributed by atoms with Gasteiger partial charge >= 0.3 is 0 Å². The van der Waals surface area contributed by atoms with Crippen molar-refractivity contribution in [2.45, 2.75) is 39.5 Å². The first kappa shape index (κ1) is 21.2. The van der Waals surface area contributed by atoms with Gasteiger partial charge in [0.2, 0.25) is 11.8 Å². The Morgan fingerprint density at radius 1 is 0.938 bits per heavy atom. The van der Waals surface area contributed by atoms with Crippen molar-refractivity contribution in [3.8, 4) is 11.4 Å². The summed E-state index contributed by atoms with van der Waals surface area (Å²) < 4.78 is 0. The molecule has 0 atom stereocenters. The monoisotopic (exact) mass is 432 g/mol. The number of aromatic nitrogens is 3. The highest BCUT2D eigenvalue weighted by atomic mass is 16.2. The Kier molecular flexibility index (Phi) is 5.72. The molecule has 2 aromatic carbocycles. The summed E-state index contributed by atoms with van der Waals surface area (Å²) in [6.07, 6.45) is 2.21. The number of nitrogens with one attached hydrogen (secondary N) is 4. The first-order valence-corrected chi connectivity index (χ1v) is 10.3. The van der Waals surface area contributed by atoms with Crippen molar-refractivity contribution in [2.75, 3.05) is 16.0 Å². The average Bonchev–Trinajstić information content (AvgIpc) is 3.45. The van der Waals surface area contributed by atoms with Crippen LogP contribution in [-0.4, -0.2) is 32.9 Å². The minimum Gasteiger partial charge on any atom is -0.326 e. The number of nitrogens with zero attached hydrogens (tertiary/aromatic N) is 2. The molecular weight excluding hydrogens is 408 g/mol. The molecule has 3 aromatic rings. The third-order valence-corrected chi connectivity index (χ3v) is 4.97. The number of carbonyl (C=O) groups is 3. The predicted molar refractivity (Wildman–Crippen MR) is 122 cm³/mol. The number of amides is 3. The highest BCUT2D eigenvalue weighted by molar-refractivity contribution is 6.08. The number of anilines is 3. The second-order valence-electron chi connectivity index (χ2n) is 7.98. The van der Waals surface area contributed by atoms with E-state index in [1.54, 1.807) is 18.2 Å². The van der Waals surface area contributed by atoms with E-state index in [2.05, 4.69) is 31.1 Å². The molecule has 0 aliphatic heterocycles. The Balaban J connectivity index is 1.64. The van der Waals surface area contributed by atoms with Crippen LogP contribution in [-0.2, 0) is 9.59 Å². The van der Waals surface area contributed by atoms with Crippen LogP contribution >= 0.6 is 0 Å². The van der Waals surface area contributed by atoms with Crippen LogP contribution in [0.1, 0.15) is 54.4 Å². The molecule has 0 unspecified atom stereocenters. The molecular formula is C23H24N6O3. The molecule has 0 spiro atoms. The van der Waals surface area contributed by atoms with E-state index in [-0.39, 0.29) is 17.4 Å². The van der Waals surface area contributed by atoms with Gasteiger partial charge in [-0.05, 0) is 50.1 Å². The summed E-state index contributed by atoms with van der Waals surface area (Å²) in [6.45, 7) is 4.70. The van der Waals surface area contributed by atoms with Crippen LogP contribution in [0.25, 0.3) is 11.4 Å². The quantitative estimate of drug-likeness (QED) is 0.471. The molecule has 164 valence electrons. The Labute approximate surface area is 185 Å². The van der Waals surface area contributed by atoms with Crippen LogP contribution < -0.4 is 16.0 Å². The molecule has 0 radical (unpaired) electrons. The number of aromatic amines is 1. The maximum Gasteiger partial charge on any atom is 0.255 e. The zero-order valence-electron chi connectivity index (χ0n) is 18.1. The summed E-state index contributed by atoms with van der Waals surface area (Å²) >= 11 is 0. The number of carbonyl (C=O) groups excluding carboxylic acids is 3. The Hall–Kier alpha value is -4.01. The second-order valence-corrected chi connectivity index (χ2v) is 7.98. The largest absolute Gasteiger partial charge is 0.326 e. The van der Waals surface area contributed by atoms with Crippen LogP contribution in [0.3, 0.4) is 0 Å². The summed E-state index contributed by atoms with van der Waals surface area (Å²) in [5, 5.41) is 15.5. The topological polar surface area (TPSA) is 129 Å². The van der Waals surface area contributed by atoms with Gasteiger partial charge in [0.1, 0.15) is 5.82 Å². The molecule has 1 aliphatic rings. The van der Waals surface area contributed by atoms with Crippen molar-refractivity contribution in [1.82, 2.24) is 15.2 Å². The van der Waals surface area contributed by atoms with Crippen molar-refractivity contribution < 1.29 is 14.4 Å². The minimum absolute atomic E-state index is 0.278. The van der Waals surface area contributed by atoms with E-state index in [0.717, 1.165) is 24.2 Å². The molecule has 9 heteroatoms. The summed E-state index contributed by atoms with van der Waals surface area (Å²) in [5.41, 5.74) is 3.37. The highest BCUT2D eigenvalue weighted by Gasteiger charge is 2.27. The highest BCUT2D eigenvalue weighted by Crippen LogP contribution is 2.39. The number of H-pyrrole nitrogens is 1. The number of rotatable bonds is 6. The van der Waals surface area contributed by atoms with Gasteiger partial charge in [-0.2, -0.15) is 5.10 Å². The Morgan fingerprint density at radius 2 is 1.59 bits per heavy atom. The fraction of sp³-hybridized carbons (Fsp3) is 0.261. The van der Waals surface area contributed by atoms with Crippen LogP contribution in [0, 0.1) is 6.92 Å². The van der Waals surface area contributed by atoms with E-state index in [0.29, 0.717) is 34.4 Å². The number of hydrogen-bond donors (Lipinski definition) is 4. The lowest BCUT2D eigenvalue weighted by molar-refractivity contribution is -0.115. The smallest absolute Gasteiger partial charge is 0.255 e. The molecule has 0 bridgehead atoms. The van der Waals surface area contributed by atoms with Gasteiger partial charge in [0.15, 0.2) is 5.82 Å². The second kappa shape index (κ2) is 8.62. The molecule has 4 rings (SSSR count). The van der Waals surface area contributed by atoms with Crippen molar-refractivity contribution in [2.24, 2.45) is 0 Å². The molecule has 1 aliphatic carbocycles. The van der Waals surface area contributed by atoms with Crippen molar-refractivity contribution in [3.63, 3.8) is 0 Å². The molecule has 3 amide bonds. The predicted octanol–water partition coefficient (Wildman–Crippen LogP) is 3.83. The molecule has 32 heavy (non-hydrogen) atoms. The van der Waals surface area contributed by atoms with Gasteiger partial charge in [0, 0.05) is 42.3 Å². The van der Waals surface area contributed by atoms with Gasteiger partial charge in [-0.1, -0.05) is 11.6 Å². The SMILES string of the molecule is CC(=O)Nc1cc(NC(C)=O)cc(C(=O)Nc2ccc(C)cc2-c2n[nH]c(C3CC3)n2)c1. The van der Waals surface area contributed by atoms with Crippen LogP contribution in [0.15, 0.2) is 36.4 Å². The van der Waals surface area contributed by atoms with Gasteiger partial charge in [0.25, 0.3) is 5.91 Å². The molecule has 1 fully saturated rings. The van der Waals surface area contributed by atoms with E-state index in [9.17, 15) is 14.4 Å². The average molecular weight is 432 g/mol. The first-order chi connectivity index (χ1) is 15.3. The lowest BCUT2D eigenvalue weighted by Gasteiger charge is -2.13. The fourth-order valence-electron chi connectivity index (χ4n) is 3.39. The maximum atomic E-state index is 13.1. The lowest BCUT2D eigenvalue weighted by atomic mass is 10.1. The maximum absolute atomic E-state index is 13.1. The summed E-state index contributed by atoms with van der Waals surface area (Å²) in [7, 11) is 0. The van der Waals surface area contributed by atoms with Crippen molar-refractivity contribution in [1.29, 1.82) is 0 Å². The summed E-state index contributed by atoms with van der Waals surface area (Å²) in [5.74, 6) is 0.856. The van der Waals surface area contributed by atoms with E-state index < -0.39 is 5.91 Å². The fourth-order valence-corrected chi connectivity index (χ4v) is 3.39. The first-order valence-electron chi connectivity index (χ1n) is 10.3. The third-order valence-electron chi connectivity index (χ3n) is 4.97. The van der Waals surface area contributed by atoms with E-state index in [1.165, 1.54) is 13.8 Å². The molecule has 1 aromatic heterocycles. The van der Waals surface area contributed by atoms with E-state index in [1.807, 2.05) is 25.1 Å². The molecule has 1 saturated carbocycles. The summed E-state index contributed by atoms with van der Waals surface area (Å²) in [4.78, 5) is 40.7. The minimum atomic E-state index is -0.396. The van der Waals surface area contributed by atoms with Gasteiger partial charge in [0.05, 0.1) is 5.69 Å². The van der Waals surface area contributed by atoms with Crippen molar-refractivity contribution in [3.05, 3.63) is 53.3 Å². The summed E-state index contributed by atoms with van der Waals surface area (Å²) in [6, 6.07) is 10.3. The van der Waals surface area contributed by atoms with Crippen LogP contribution in [0.5, 0.6) is 0 Å². The van der Waals surface area contributed by atoms with Gasteiger partial charge in [-0.15, -0.1) is 0 Å². The standard InChI is InChI=1S/C23H24N6O3/c1-12-4-7-20(19(8-12)22-27-21(28-29-22)15-5-6-15)26-23(32)16-9-17(24-13(2)30)11-18(10-16)25-14(3)31/h4,7-11,15H,5-6H2,1-3H3,(H,24,30)(H,25,31)(H,26,32)(H,27,28,29). The molecule has 4 N–H and O–H groups in total. The zero-order chi connectivity index (χ0) is 22.8. The number of benzene rings is 2. The van der Waals surface area contributed by atoms with E-state index in [4.69, 9.17) is 0 Å².